The molecule has 17 heavy (non-hydrogen) atoms. The van der Waals surface area contributed by atoms with E-state index in [1.54, 1.807) is 18.2 Å². The SMILES string of the molecule is O=c1[nH]nc(Sc2ccc(Cl)c(Cl)c2)c(=O)[nH]1. The van der Waals surface area contributed by atoms with Crippen molar-refractivity contribution in [3.63, 3.8) is 0 Å². The summed E-state index contributed by atoms with van der Waals surface area (Å²) in [4.78, 5) is 24.9. The van der Waals surface area contributed by atoms with Crippen LogP contribution >= 0.6 is 35.0 Å². The molecule has 1 heterocycles. The summed E-state index contributed by atoms with van der Waals surface area (Å²) in [7, 11) is 0. The molecule has 5 nitrogen and oxygen atoms in total. The molecule has 88 valence electrons. The minimum atomic E-state index is -0.645. The fourth-order valence-corrected chi connectivity index (χ4v) is 2.19. The summed E-state index contributed by atoms with van der Waals surface area (Å²) >= 11 is 12.7. The fraction of sp³-hybridized carbons (Fsp3) is 0. The van der Waals surface area contributed by atoms with Gasteiger partial charge in [0, 0.05) is 4.90 Å². The van der Waals surface area contributed by atoms with E-state index in [2.05, 4.69) is 15.2 Å². The Balaban J connectivity index is 2.35. The summed E-state index contributed by atoms with van der Waals surface area (Å²) in [5.41, 5.74) is -1.20. The zero-order valence-corrected chi connectivity index (χ0v) is 10.5. The molecule has 1 aromatic heterocycles. The van der Waals surface area contributed by atoms with Crippen molar-refractivity contribution in [2.24, 2.45) is 0 Å². The lowest BCUT2D eigenvalue weighted by molar-refractivity contribution is 0.807. The van der Waals surface area contributed by atoms with Crippen molar-refractivity contribution < 1.29 is 0 Å². The van der Waals surface area contributed by atoms with E-state index in [0.29, 0.717) is 14.9 Å². The molecule has 0 saturated carbocycles. The lowest BCUT2D eigenvalue weighted by atomic mass is 10.4. The predicted octanol–water partition coefficient (Wildman–Crippen LogP) is 1.92. The van der Waals surface area contributed by atoms with Crippen molar-refractivity contribution in [1.82, 2.24) is 15.2 Å². The van der Waals surface area contributed by atoms with Gasteiger partial charge in [0.05, 0.1) is 10.0 Å². The Morgan fingerprint density at radius 3 is 2.59 bits per heavy atom. The van der Waals surface area contributed by atoms with Crippen LogP contribution in [0.3, 0.4) is 0 Å². The highest BCUT2D eigenvalue weighted by atomic mass is 35.5. The Kier molecular flexibility index (Phi) is 3.56. The third-order valence-corrected chi connectivity index (χ3v) is 3.48. The molecular weight excluding hydrogens is 285 g/mol. The molecule has 0 unspecified atom stereocenters. The molecule has 0 radical (unpaired) electrons. The summed E-state index contributed by atoms with van der Waals surface area (Å²) in [5, 5.41) is 6.72. The number of hydrogen-bond acceptors (Lipinski definition) is 4. The molecule has 1 aromatic carbocycles. The van der Waals surface area contributed by atoms with Crippen LogP contribution in [0.2, 0.25) is 10.0 Å². The van der Waals surface area contributed by atoms with Crippen molar-refractivity contribution in [1.29, 1.82) is 0 Å². The first-order chi connectivity index (χ1) is 8.06. The van der Waals surface area contributed by atoms with E-state index in [9.17, 15) is 9.59 Å². The lowest BCUT2D eigenvalue weighted by Gasteiger charge is -2.01. The molecule has 0 aliphatic heterocycles. The van der Waals surface area contributed by atoms with Gasteiger partial charge in [0.1, 0.15) is 0 Å². The van der Waals surface area contributed by atoms with Crippen LogP contribution < -0.4 is 11.2 Å². The van der Waals surface area contributed by atoms with Gasteiger partial charge in [0.2, 0.25) is 0 Å². The Bertz CT molecular complexity index is 668. The molecule has 0 bridgehead atoms. The van der Waals surface area contributed by atoms with Crippen LogP contribution in [0.5, 0.6) is 0 Å². The number of aromatic amines is 2. The van der Waals surface area contributed by atoms with Gasteiger partial charge in [-0.2, -0.15) is 5.10 Å². The maximum absolute atomic E-state index is 11.4. The Morgan fingerprint density at radius 2 is 1.94 bits per heavy atom. The molecule has 0 amide bonds. The molecule has 0 aliphatic rings. The second-order valence-electron chi connectivity index (χ2n) is 2.99. The number of halogens is 2. The second kappa shape index (κ2) is 4.95. The first kappa shape index (κ1) is 12.2. The minimum Gasteiger partial charge on any atom is -0.271 e. The summed E-state index contributed by atoms with van der Waals surface area (Å²) in [6.45, 7) is 0. The average Bonchev–Trinajstić information content (AvgIpc) is 2.27. The number of aromatic nitrogens is 3. The highest BCUT2D eigenvalue weighted by Crippen LogP contribution is 2.29. The maximum Gasteiger partial charge on any atom is 0.342 e. The predicted molar refractivity (Wildman–Crippen MR) is 66.1 cm³/mol. The van der Waals surface area contributed by atoms with Crippen molar-refractivity contribution in [3.8, 4) is 0 Å². The van der Waals surface area contributed by atoms with Crippen molar-refractivity contribution >= 4 is 35.0 Å². The molecule has 2 aromatic rings. The third kappa shape index (κ3) is 2.91. The number of nitrogens with one attached hydrogen (secondary N) is 2. The van der Waals surface area contributed by atoms with E-state index in [0.717, 1.165) is 11.8 Å². The monoisotopic (exact) mass is 289 g/mol. The first-order valence-electron chi connectivity index (χ1n) is 4.38. The molecule has 0 atom stereocenters. The second-order valence-corrected chi connectivity index (χ2v) is 4.87. The van der Waals surface area contributed by atoms with Crippen LogP contribution in [0.1, 0.15) is 0 Å². The first-order valence-corrected chi connectivity index (χ1v) is 5.95. The normalized spacial score (nSPS) is 10.5. The Morgan fingerprint density at radius 1 is 1.18 bits per heavy atom. The molecule has 8 heteroatoms. The fourth-order valence-electron chi connectivity index (χ4n) is 1.06. The van der Waals surface area contributed by atoms with Gasteiger partial charge >= 0.3 is 5.69 Å². The van der Waals surface area contributed by atoms with Gasteiger partial charge < -0.3 is 0 Å². The summed E-state index contributed by atoms with van der Waals surface area (Å²) in [6.07, 6.45) is 0. The third-order valence-electron chi connectivity index (χ3n) is 1.79. The maximum atomic E-state index is 11.4. The van der Waals surface area contributed by atoms with Gasteiger partial charge in [0.15, 0.2) is 5.03 Å². The van der Waals surface area contributed by atoms with Crippen LogP contribution in [0, 0.1) is 0 Å². The summed E-state index contributed by atoms with van der Waals surface area (Å²) < 4.78 is 0. The van der Waals surface area contributed by atoms with E-state index in [-0.39, 0.29) is 5.03 Å². The van der Waals surface area contributed by atoms with Crippen LogP contribution in [0.4, 0.5) is 0 Å². The van der Waals surface area contributed by atoms with E-state index >= 15 is 0 Å². The number of nitrogens with zero attached hydrogens (tertiary/aromatic N) is 1. The molecule has 2 rings (SSSR count). The number of hydrogen-bond donors (Lipinski definition) is 2. The molecular formula is C9H5Cl2N3O2S. The van der Waals surface area contributed by atoms with Crippen molar-refractivity contribution in [2.45, 2.75) is 9.92 Å². The molecule has 0 spiro atoms. The van der Waals surface area contributed by atoms with Crippen molar-refractivity contribution in [2.75, 3.05) is 0 Å². The van der Waals surface area contributed by atoms with Gasteiger partial charge in [0.25, 0.3) is 5.56 Å². The quantitative estimate of drug-likeness (QED) is 0.885. The van der Waals surface area contributed by atoms with Gasteiger partial charge in [-0.25, -0.2) is 9.89 Å². The standard InChI is InChI=1S/C9H5Cl2N3O2S/c10-5-2-1-4(3-6(5)11)17-8-7(15)12-9(16)14-13-8/h1-3H,(H2,12,14,15,16). The summed E-state index contributed by atoms with van der Waals surface area (Å²) in [5.74, 6) is 0. The Hall–Kier alpha value is -1.24. The smallest absolute Gasteiger partial charge is 0.271 e. The van der Waals surface area contributed by atoms with E-state index < -0.39 is 11.2 Å². The molecule has 0 fully saturated rings. The topological polar surface area (TPSA) is 78.6 Å². The van der Waals surface area contributed by atoms with Crippen LogP contribution in [0.15, 0.2) is 37.7 Å². The zero-order chi connectivity index (χ0) is 12.4. The highest BCUT2D eigenvalue weighted by molar-refractivity contribution is 7.99. The van der Waals surface area contributed by atoms with E-state index in [1.807, 2.05) is 0 Å². The van der Waals surface area contributed by atoms with Gasteiger partial charge in [-0.1, -0.05) is 35.0 Å². The number of benzene rings is 1. The van der Waals surface area contributed by atoms with Crippen LogP contribution in [0.25, 0.3) is 0 Å². The van der Waals surface area contributed by atoms with Gasteiger partial charge in [-0.15, -0.1) is 0 Å². The minimum absolute atomic E-state index is 0.128. The molecule has 0 aliphatic carbocycles. The van der Waals surface area contributed by atoms with E-state index in [1.165, 1.54) is 0 Å². The van der Waals surface area contributed by atoms with Crippen molar-refractivity contribution in [3.05, 3.63) is 49.1 Å². The van der Waals surface area contributed by atoms with Crippen LogP contribution in [-0.2, 0) is 0 Å². The van der Waals surface area contributed by atoms with Crippen LogP contribution in [-0.4, -0.2) is 15.2 Å². The van der Waals surface area contributed by atoms with Gasteiger partial charge in [-0.3, -0.25) is 9.78 Å². The molecule has 0 saturated heterocycles. The molecule has 2 N–H and O–H groups in total. The van der Waals surface area contributed by atoms with Gasteiger partial charge in [-0.05, 0) is 18.2 Å². The lowest BCUT2D eigenvalue weighted by Crippen LogP contribution is -2.24. The highest BCUT2D eigenvalue weighted by Gasteiger charge is 2.06. The number of H-pyrrole nitrogens is 2. The average molecular weight is 290 g/mol. The summed E-state index contributed by atoms with van der Waals surface area (Å²) in [6, 6.07) is 4.93. The number of rotatable bonds is 2. The van der Waals surface area contributed by atoms with E-state index in [4.69, 9.17) is 23.2 Å². The largest absolute Gasteiger partial charge is 0.342 e. The Labute approximate surface area is 109 Å². The zero-order valence-electron chi connectivity index (χ0n) is 8.16.